The minimum atomic E-state index is -0.372. The van der Waals surface area contributed by atoms with Crippen molar-refractivity contribution in [3.05, 3.63) is 35.9 Å². The number of carbonyl (C=O) groups excluding carboxylic acids is 2. The molecule has 0 radical (unpaired) electrons. The molecule has 1 aromatic carbocycles. The normalized spacial score (nSPS) is 20.5. The van der Waals surface area contributed by atoms with Crippen molar-refractivity contribution in [2.75, 3.05) is 6.54 Å². The van der Waals surface area contributed by atoms with Crippen LogP contribution in [0.25, 0.3) is 0 Å². The second-order valence-corrected chi connectivity index (χ2v) is 4.52. The minimum absolute atomic E-state index is 0.0206. The van der Waals surface area contributed by atoms with Crippen LogP contribution in [0.15, 0.2) is 30.3 Å². The molecule has 1 fully saturated rings. The third-order valence-electron chi connectivity index (χ3n) is 3.18. The molecule has 1 heterocycles. The predicted octanol–water partition coefficient (Wildman–Crippen LogP) is 1.31. The summed E-state index contributed by atoms with van der Waals surface area (Å²) in [7, 11) is 0. The molecule has 0 aromatic heterocycles. The molecule has 0 saturated carbocycles. The summed E-state index contributed by atoms with van der Waals surface area (Å²) in [6, 6.07) is 9.48. The van der Waals surface area contributed by atoms with Gasteiger partial charge in [-0.25, -0.2) is 0 Å². The molecular weight excluding hydrogens is 228 g/mol. The quantitative estimate of drug-likeness (QED) is 0.874. The Hall–Kier alpha value is -1.84. The maximum atomic E-state index is 12.2. The molecule has 1 unspecified atom stereocenters. The highest BCUT2D eigenvalue weighted by atomic mass is 16.2. The van der Waals surface area contributed by atoms with Gasteiger partial charge in [0.25, 0.3) is 0 Å². The molecule has 2 amide bonds. The number of rotatable bonds is 3. The van der Waals surface area contributed by atoms with Crippen molar-refractivity contribution in [2.24, 2.45) is 0 Å². The summed E-state index contributed by atoms with van der Waals surface area (Å²) >= 11 is 0. The van der Waals surface area contributed by atoms with E-state index in [0.717, 1.165) is 5.56 Å². The van der Waals surface area contributed by atoms with Crippen molar-refractivity contribution < 1.29 is 9.59 Å². The van der Waals surface area contributed by atoms with Crippen molar-refractivity contribution in [3.8, 4) is 0 Å². The lowest BCUT2D eigenvalue weighted by molar-refractivity contribution is -0.134. The first-order chi connectivity index (χ1) is 8.70. The highest BCUT2D eigenvalue weighted by molar-refractivity contribution is 5.89. The molecule has 1 aliphatic heterocycles. The van der Waals surface area contributed by atoms with Gasteiger partial charge in [0, 0.05) is 19.5 Å². The number of nitrogens with zero attached hydrogens (tertiary/aromatic N) is 1. The van der Waals surface area contributed by atoms with E-state index in [0.29, 0.717) is 25.9 Å². The minimum Gasteiger partial charge on any atom is -0.344 e. The first kappa shape index (κ1) is 12.6. The van der Waals surface area contributed by atoms with Gasteiger partial charge in [0.05, 0.1) is 0 Å². The maximum absolute atomic E-state index is 12.2. The number of hydrogen-bond donors (Lipinski definition) is 1. The first-order valence-corrected chi connectivity index (χ1v) is 6.32. The van der Waals surface area contributed by atoms with Gasteiger partial charge in [0.2, 0.25) is 11.8 Å². The molecule has 18 heavy (non-hydrogen) atoms. The summed E-state index contributed by atoms with van der Waals surface area (Å²) < 4.78 is 0. The molecule has 1 atom stereocenters. The Bertz CT molecular complexity index is 431. The SMILES string of the molecule is CCC1NC(=O)CCN(Cc2ccccc2)C1=O. The molecule has 2 rings (SSSR count). The summed E-state index contributed by atoms with van der Waals surface area (Å²) in [5.41, 5.74) is 1.09. The average molecular weight is 246 g/mol. The molecule has 0 aliphatic carbocycles. The Labute approximate surface area is 107 Å². The van der Waals surface area contributed by atoms with E-state index in [1.165, 1.54) is 0 Å². The van der Waals surface area contributed by atoms with E-state index < -0.39 is 0 Å². The average Bonchev–Trinajstić information content (AvgIpc) is 2.53. The molecule has 1 N–H and O–H groups in total. The van der Waals surface area contributed by atoms with Crippen LogP contribution in [0, 0.1) is 0 Å². The fourth-order valence-corrected chi connectivity index (χ4v) is 2.13. The Kier molecular flexibility index (Phi) is 3.97. The molecule has 0 spiro atoms. The van der Waals surface area contributed by atoms with Gasteiger partial charge in [-0.15, -0.1) is 0 Å². The zero-order valence-corrected chi connectivity index (χ0v) is 10.6. The number of hydrogen-bond acceptors (Lipinski definition) is 2. The van der Waals surface area contributed by atoms with Crippen LogP contribution in [0.3, 0.4) is 0 Å². The largest absolute Gasteiger partial charge is 0.344 e. The van der Waals surface area contributed by atoms with Crippen molar-refractivity contribution in [1.29, 1.82) is 0 Å². The standard InChI is InChI=1S/C14H18N2O2/c1-2-12-14(18)16(9-8-13(17)15-12)10-11-6-4-3-5-7-11/h3-7,12H,2,8-10H2,1H3,(H,15,17). The monoisotopic (exact) mass is 246 g/mol. The van der Waals surface area contributed by atoms with Crippen LogP contribution in [0.2, 0.25) is 0 Å². The van der Waals surface area contributed by atoms with Crippen molar-refractivity contribution >= 4 is 11.8 Å². The molecule has 1 saturated heterocycles. The van der Waals surface area contributed by atoms with Gasteiger partial charge in [0.1, 0.15) is 6.04 Å². The molecule has 0 bridgehead atoms. The lowest BCUT2D eigenvalue weighted by Crippen LogP contribution is -2.43. The summed E-state index contributed by atoms with van der Waals surface area (Å²) in [5.74, 6) is -0.0158. The second-order valence-electron chi connectivity index (χ2n) is 4.52. The van der Waals surface area contributed by atoms with Crippen molar-refractivity contribution in [3.63, 3.8) is 0 Å². The summed E-state index contributed by atoms with van der Waals surface area (Å²) in [6.45, 7) is 2.98. The zero-order valence-electron chi connectivity index (χ0n) is 10.6. The highest BCUT2D eigenvalue weighted by Crippen LogP contribution is 2.11. The van der Waals surface area contributed by atoms with Crippen LogP contribution in [0.1, 0.15) is 25.3 Å². The van der Waals surface area contributed by atoms with E-state index in [2.05, 4.69) is 5.32 Å². The third kappa shape index (κ3) is 2.88. The molecule has 4 nitrogen and oxygen atoms in total. The van der Waals surface area contributed by atoms with E-state index in [-0.39, 0.29) is 17.9 Å². The molecule has 1 aromatic rings. The second kappa shape index (κ2) is 5.67. The van der Waals surface area contributed by atoms with Crippen molar-refractivity contribution in [2.45, 2.75) is 32.4 Å². The zero-order chi connectivity index (χ0) is 13.0. The Morgan fingerprint density at radius 2 is 2.00 bits per heavy atom. The highest BCUT2D eigenvalue weighted by Gasteiger charge is 2.28. The third-order valence-corrected chi connectivity index (χ3v) is 3.18. The van der Waals surface area contributed by atoms with Gasteiger partial charge < -0.3 is 10.2 Å². The predicted molar refractivity (Wildman–Crippen MR) is 68.7 cm³/mol. The maximum Gasteiger partial charge on any atom is 0.245 e. The van der Waals surface area contributed by atoms with E-state index in [4.69, 9.17) is 0 Å². The van der Waals surface area contributed by atoms with E-state index in [1.807, 2.05) is 37.3 Å². The number of nitrogens with one attached hydrogen (secondary N) is 1. The molecular formula is C14H18N2O2. The summed E-state index contributed by atoms with van der Waals surface area (Å²) in [5, 5.41) is 2.76. The molecule has 4 heteroatoms. The lowest BCUT2D eigenvalue weighted by atomic mass is 10.1. The number of benzene rings is 1. The van der Waals surface area contributed by atoms with Crippen molar-refractivity contribution in [1.82, 2.24) is 10.2 Å². The summed E-state index contributed by atoms with van der Waals surface area (Å²) in [4.78, 5) is 25.5. The van der Waals surface area contributed by atoms with Crippen LogP contribution in [0.5, 0.6) is 0 Å². The van der Waals surface area contributed by atoms with Gasteiger partial charge in [-0.1, -0.05) is 37.3 Å². The van der Waals surface area contributed by atoms with Gasteiger partial charge >= 0.3 is 0 Å². The molecule has 96 valence electrons. The fourth-order valence-electron chi connectivity index (χ4n) is 2.13. The Morgan fingerprint density at radius 3 is 2.67 bits per heavy atom. The molecule has 1 aliphatic rings. The van der Waals surface area contributed by atoms with Crippen LogP contribution in [0.4, 0.5) is 0 Å². The number of amides is 2. The lowest BCUT2D eigenvalue weighted by Gasteiger charge is -2.23. The number of carbonyl (C=O) groups is 2. The van der Waals surface area contributed by atoms with Crippen LogP contribution < -0.4 is 5.32 Å². The Balaban J connectivity index is 2.11. The first-order valence-electron chi connectivity index (χ1n) is 6.32. The topological polar surface area (TPSA) is 49.4 Å². The smallest absolute Gasteiger partial charge is 0.245 e. The van der Waals surface area contributed by atoms with Gasteiger partial charge in [-0.3, -0.25) is 9.59 Å². The van der Waals surface area contributed by atoms with Gasteiger partial charge in [-0.05, 0) is 12.0 Å². The van der Waals surface area contributed by atoms with Crippen LogP contribution in [-0.2, 0) is 16.1 Å². The fraction of sp³-hybridized carbons (Fsp3) is 0.429. The van der Waals surface area contributed by atoms with E-state index in [1.54, 1.807) is 4.90 Å². The van der Waals surface area contributed by atoms with Crippen LogP contribution in [-0.4, -0.2) is 29.3 Å². The van der Waals surface area contributed by atoms with Gasteiger partial charge in [0.15, 0.2) is 0 Å². The van der Waals surface area contributed by atoms with Gasteiger partial charge in [-0.2, -0.15) is 0 Å². The van der Waals surface area contributed by atoms with Crippen LogP contribution >= 0.6 is 0 Å². The Morgan fingerprint density at radius 1 is 1.28 bits per heavy atom. The van der Waals surface area contributed by atoms with E-state index >= 15 is 0 Å². The summed E-state index contributed by atoms with van der Waals surface area (Å²) in [6.07, 6.45) is 1.02. The van der Waals surface area contributed by atoms with E-state index in [9.17, 15) is 9.59 Å².